The highest BCUT2D eigenvalue weighted by molar-refractivity contribution is 5.56. The van der Waals surface area contributed by atoms with Gasteiger partial charge in [-0.25, -0.2) is 4.68 Å². The lowest BCUT2D eigenvalue weighted by Gasteiger charge is -2.61. The Bertz CT molecular complexity index is 1090. The summed E-state index contributed by atoms with van der Waals surface area (Å²) >= 11 is 0. The van der Waals surface area contributed by atoms with E-state index in [1.54, 1.807) is 0 Å². The molecule has 3 aromatic rings. The first kappa shape index (κ1) is 23.1. The van der Waals surface area contributed by atoms with Crippen molar-refractivity contribution in [3.8, 4) is 5.69 Å². The minimum atomic E-state index is -1.18. The molecule has 1 saturated carbocycles. The summed E-state index contributed by atoms with van der Waals surface area (Å²) in [4.78, 5) is 15.5. The second-order valence-corrected chi connectivity index (χ2v) is 8.57. The number of nitrogens with zero attached hydrogens (tertiary/aromatic N) is 2. The molecular weight excluding hydrogens is 416 g/mol. The lowest BCUT2D eigenvalue weighted by Crippen LogP contribution is -2.72. The van der Waals surface area contributed by atoms with Crippen LogP contribution >= 0.6 is 0 Å². The van der Waals surface area contributed by atoms with Gasteiger partial charge in [-0.05, 0) is 62.6 Å². The second kappa shape index (κ2) is 9.85. The highest BCUT2D eigenvalue weighted by Crippen LogP contribution is 2.37. The Labute approximate surface area is 194 Å². The number of hydrogen-bond acceptors (Lipinski definition) is 5. The summed E-state index contributed by atoms with van der Waals surface area (Å²) in [5, 5.41) is 32.6. The topological polar surface area (TPSA) is 99.2 Å². The van der Waals surface area contributed by atoms with E-state index < -0.39 is 24.2 Å². The molecule has 0 aliphatic heterocycles. The number of rotatable bonds is 9. The monoisotopic (exact) mass is 448 g/mol. The van der Waals surface area contributed by atoms with Crippen molar-refractivity contribution < 1.29 is 10.2 Å². The molecular formula is C26H32N4O3-2. The van der Waals surface area contributed by atoms with E-state index in [1.807, 2.05) is 61.5 Å². The Balaban J connectivity index is 1.55. The maximum absolute atomic E-state index is 13.2. The third-order valence-electron chi connectivity index (χ3n) is 6.60. The lowest BCUT2D eigenvalue weighted by atomic mass is 9.69. The number of hydrogen-bond donors (Lipinski definition) is 2. The molecule has 0 amide bonds. The predicted octanol–water partition coefficient (Wildman–Crippen LogP) is 2.00. The molecule has 0 saturated heterocycles. The first-order valence-electron chi connectivity index (χ1n) is 11.8. The van der Waals surface area contributed by atoms with E-state index in [4.69, 9.17) is 0 Å². The first-order chi connectivity index (χ1) is 16.0. The van der Waals surface area contributed by atoms with Gasteiger partial charge in [-0.2, -0.15) is 0 Å². The van der Waals surface area contributed by atoms with Gasteiger partial charge in [0.25, 0.3) is 5.56 Å². The van der Waals surface area contributed by atoms with Gasteiger partial charge in [0.1, 0.15) is 0 Å². The van der Waals surface area contributed by atoms with Crippen LogP contribution in [0.5, 0.6) is 0 Å². The van der Waals surface area contributed by atoms with Crippen molar-refractivity contribution in [3.63, 3.8) is 0 Å². The van der Waals surface area contributed by atoms with Crippen LogP contribution in [-0.2, 0) is 6.42 Å². The minimum Gasteiger partial charge on any atom is -0.850 e. The van der Waals surface area contributed by atoms with Gasteiger partial charge < -0.3 is 20.4 Å². The third kappa shape index (κ3) is 4.30. The summed E-state index contributed by atoms with van der Waals surface area (Å²) in [6.07, 6.45) is -0.940. The van der Waals surface area contributed by atoms with Crippen molar-refractivity contribution in [2.75, 3.05) is 23.3 Å². The Morgan fingerprint density at radius 3 is 2.18 bits per heavy atom. The fraction of sp³-hybridized carbons (Fsp3) is 0.423. The maximum atomic E-state index is 13.2. The van der Waals surface area contributed by atoms with E-state index in [-0.39, 0.29) is 5.56 Å². The standard InChI is InChI=1S/C26H32N4O3/c1-4-10-20-21(26(33)30(28-20)19-11-8-7-9-12-19)22-24(31)23(25(22)32)27-17-13-15-18(16-14-17)29(5-2)6-3/h7-9,11-16,22-25,27-28H,4-6,10H2,1-3H3/q-2. The van der Waals surface area contributed by atoms with Crippen molar-refractivity contribution in [1.29, 1.82) is 0 Å². The smallest absolute Gasteiger partial charge is 0.274 e. The van der Waals surface area contributed by atoms with Crippen LogP contribution in [-0.4, -0.2) is 41.1 Å². The Morgan fingerprint density at radius 1 is 0.970 bits per heavy atom. The van der Waals surface area contributed by atoms with Gasteiger partial charge in [0.05, 0.1) is 5.69 Å². The zero-order valence-corrected chi connectivity index (χ0v) is 19.5. The summed E-state index contributed by atoms with van der Waals surface area (Å²) in [7, 11) is 0. The third-order valence-corrected chi connectivity index (χ3v) is 6.60. The number of anilines is 2. The lowest BCUT2D eigenvalue weighted by molar-refractivity contribution is -0.530. The fourth-order valence-electron chi connectivity index (χ4n) is 4.76. The molecule has 1 fully saturated rings. The van der Waals surface area contributed by atoms with E-state index in [0.29, 0.717) is 23.4 Å². The maximum Gasteiger partial charge on any atom is 0.274 e. The zero-order valence-electron chi connectivity index (χ0n) is 19.5. The van der Waals surface area contributed by atoms with E-state index in [9.17, 15) is 15.0 Å². The number of benzene rings is 2. The molecule has 0 bridgehead atoms. The molecule has 0 spiro atoms. The van der Waals surface area contributed by atoms with E-state index in [2.05, 4.69) is 29.2 Å². The molecule has 7 nitrogen and oxygen atoms in total. The highest BCUT2D eigenvalue weighted by Gasteiger charge is 2.41. The molecule has 1 heterocycles. The summed E-state index contributed by atoms with van der Waals surface area (Å²) < 4.78 is 1.45. The molecule has 2 atom stereocenters. The van der Waals surface area contributed by atoms with Gasteiger partial charge >= 0.3 is 0 Å². The van der Waals surface area contributed by atoms with Crippen LogP contribution in [0.2, 0.25) is 0 Å². The van der Waals surface area contributed by atoms with Gasteiger partial charge in [-0.1, -0.05) is 31.5 Å². The zero-order chi connectivity index (χ0) is 23.5. The molecule has 1 aliphatic carbocycles. The summed E-state index contributed by atoms with van der Waals surface area (Å²) in [6, 6.07) is 16.3. The largest absolute Gasteiger partial charge is 0.850 e. The van der Waals surface area contributed by atoms with Gasteiger partial charge in [0.15, 0.2) is 0 Å². The molecule has 2 N–H and O–H groups in total. The van der Waals surface area contributed by atoms with Gasteiger partial charge in [0.2, 0.25) is 0 Å². The number of para-hydroxylation sites is 1. The number of H-pyrrole nitrogens is 1. The molecule has 176 valence electrons. The molecule has 1 aromatic heterocycles. The molecule has 4 rings (SSSR count). The van der Waals surface area contributed by atoms with Crippen molar-refractivity contribution in [2.45, 2.75) is 57.8 Å². The van der Waals surface area contributed by atoms with Gasteiger partial charge in [-0.3, -0.25) is 9.89 Å². The van der Waals surface area contributed by atoms with Gasteiger partial charge in [-0.15, -0.1) is 12.2 Å². The van der Waals surface area contributed by atoms with Crippen LogP contribution < -0.4 is 26.0 Å². The van der Waals surface area contributed by atoms with E-state index in [0.717, 1.165) is 30.9 Å². The average molecular weight is 449 g/mol. The molecule has 1 aliphatic rings. The van der Waals surface area contributed by atoms with Crippen molar-refractivity contribution in [3.05, 3.63) is 76.2 Å². The molecule has 33 heavy (non-hydrogen) atoms. The number of nitrogens with one attached hydrogen (secondary N) is 2. The van der Waals surface area contributed by atoms with E-state index in [1.165, 1.54) is 4.68 Å². The van der Waals surface area contributed by atoms with Gasteiger partial charge in [0, 0.05) is 41.8 Å². The Hall–Kier alpha value is -3.03. The van der Waals surface area contributed by atoms with Crippen molar-refractivity contribution in [2.24, 2.45) is 0 Å². The number of aromatic nitrogens is 2. The average Bonchev–Trinajstić information content (AvgIpc) is 3.15. The molecule has 0 radical (unpaired) electrons. The summed E-state index contributed by atoms with van der Waals surface area (Å²) in [6.45, 7) is 8.05. The van der Waals surface area contributed by atoms with Crippen LogP contribution in [0.25, 0.3) is 5.69 Å². The highest BCUT2D eigenvalue weighted by atomic mass is 16.3. The Morgan fingerprint density at radius 2 is 1.61 bits per heavy atom. The second-order valence-electron chi connectivity index (χ2n) is 8.57. The van der Waals surface area contributed by atoms with E-state index >= 15 is 0 Å². The van der Waals surface area contributed by atoms with Crippen LogP contribution in [0.15, 0.2) is 59.4 Å². The first-order valence-corrected chi connectivity index (χ1v) is 11.8. The SMILES string of the molecule is CCCc1[nH]n(-c2ccccc2)c(=O)c1C1C([O-])C(Nc2ccc(N(CC)CC)cc2)C1[O-]. The van der Waals surface area contributed by atoms with Crippen LogP contribution in [0.4, 0.5) is 11.4 Å². The number of aromatic amines is 1. The predicted molar refractivity (Wildman–Crippen MR) is 128 cm³/mol. The summed E-state index contributed by atoms with van der Waals surface area (Å²) in [5.74, 6) is -0.854. The van der Waals surface area contributed by atoms with Crippen molar-refractivity contribution in [1.82, 2.24) is 9.78 Å². The normalized spacial score (nSPS) is 22.1. The van der Waals surface area contributed by atoms with Crippen LogP contribution in [0, 0.1) is 0 Å². The Kier molecular flexibility index (Phi) is 6.91. The molecule has 7 heteroatoms. The van der Waals surface area contributed by atoms with Crippen LogP contribution in [0.1, 0.15) is 44.4 Å². The molecule has 2 unspecified atom stereocenters. The minimum absolute atomic E-state index is 0.293. The van der Waals surface area contributed by atoms with Crippen molar-refractivity contribution >= 4 is 11.4 Å². The van der Waals surface area contributed by atoms with Crippen LogP contribution in [0.3, 0.4) is 0 Å². The number of aryl methyl sites for hydroxylation is 1. The molecule has 2 aromatic carbocycles. The quantitative estimate of drug-likeness (QED) is 0.522. The fourth-order valence-corrected chi connectivity index (χ4v) is 4.76. The summed E-state index contributed by atoms with van der Waals surface area (Å²) in [5.41, 5.74) is 3.31.